The van der Waals surface area contributed by atoms with Crippen LogP contribution in [0.25, 0.3) is 0 Å². The molecule has 0 radical (unpaired) electrons. The summed E-state index contributed by atoms with van der Waals surface area (Å²) in [4.78, 5) is 12.9. The lowest BCUT2D eigenvalue weighted by Crippen LogP contribution is -2.65. The molecule has 2 aliphatic rings. The fourth-order valence-corrected chi connectivity index (χ4v) is 6.57. The minimum absolute atomic E-state index is 0.250. The lowest BCUT2D eigenvalue weighted by Gasteiger charge is -2.46. The van der Waals surface area contributed by atoms with Crippen LogP contribution in [0.15, 0.2) is 12.2 Å². The lowest BCUT2D eigenvalue weighted by molar-refractivity contribution is -0.359. The first-order chi connectivity index (χ1) is 25.1. The monoisotopic (exact) mass is 749 g/mol. The smallest absolute Gasteiger partial charge is 0.220 e. The Bertz CT molecular complexity index is 941. The molecule has 9 N–H and O–H groups in total. The van der Waals surface area contributed by atoms with Gasteiger partial charge in [0.2, 0.25) is 5.91 Å². The molecule has 2 saturated heterocycles. The first-order valence-electron chi connectivity index (χ1n) is 19.9. The van der Waals surface area contributed by atoms with Gasteiger partial charge < -0.3 is 65.1 Å². The van der Waals surface area contributed by atoms with Crippen LogP contribution in [0.5, 0.6) is 0 Å². The molecule has 2 aliphatic heterocycles. The molecule has 0 aromatic rings. The summed E-state index contributed by atoms with van der Waals surface area (Å²) in [5.74, 6) is -0.250. The summed E-state index contributed by atoms with van der Waals surface area (Å²) in [5.41, 5.74) is 0. The van der Waals surface area contributed by atoms with E-state index in [1.54, 1.807) is 6.08 Å². The molecular weight excluding hydrogens is 678 g/mol. The molecule has 52 heavy (non-hydrogen) atoms. The minimum atomic E-state index is -1.78. The maximum absolute atomic E-state index is 12.9. The molecule has 0 aromatic carbocycles. The van der Waals surface area contributed by atoms with Crippen molar-refractivity contribution in [2.75, 3.05) is 19.8 Å². The molecular formula is C38H71NO13. The fraction of sp³-hybridized carbons (Fsp3) is 0.921. The Hall–Kier alpha value is -1.27. The number of hydrogen-bond acceptors (Lipinski definition) is 13. The number of carbonyl (C=O) groups is 1. The molecule has 1 amide bonds. The molecule has 12 unspecified atom stereocenters. The molecule has 14 nitrogen and oxygen atoms in total. The van der Waals surface area contributed by atoms with E-state index in [-0.39, 0.29) is 18.9 Å². The summed E-state index contributed by atoms with van der Waals surface area (Å²) < 4.78 is 22.4. The van der Waals surface area contributed by atoms with E-state index in [1.165, 1.54) is 64.2 Å². The Labute approximate surface area is 310 Å². The van der Waals surface area contributed by atoms with Gasteiger partial charge >= 0.3 is 0 Å². The van der Waals surface area contributed by atoms with Crippen molar-refractivity contribution in [3.63, 3.8) is 0 Å². The quantitative estimate of drug-likeness (QED) is 0.0413. The first kappa shape index (κ1) is 46.9. The van der Waals surface area contributed by atoms with Gasteiger partial charge in [-0.15, -0.1) is 0 Å². The zero-order valence-electron chi connectivity index (χ0n) is 31.6. The van der Waals surface area contributed by atoms with Crippen LogP contribution in [0.1, 0.15) is 129 Å². The zero-order valence-corrected chi connectivity index (χ0v) is 31.6. The number of aliphatic hydroxyl groups is 8. The number of allylic oxidation sites excluding steroid dienone is 1. The van der Waals surface area contributed by atoms with E-state index in [1.807, 2.05) is 6.08 Å². The van der Waals surface area contributed by atoms with Crippen LogP contribution in [0.3, 0.4) is 0 Å². The number of carbonyl (C=O) groups excluding carboxylic acids is 1. The average Bonchev–Trinajstić information content (AvgIpc) is 3.14. The Morgan fingerprint density at radius 1 is 0.673 bits per heavy atom. The summed E-state index contributed by atoms with van der Waals surface area (Å²) in [5, 5.41) is 85.6. The lowest BCUT2D eigenvalue weighted by atomic mass is 9.97. The topological polar surface area (TPSA) is 228 Å². The highest BCUT2D eigenvalue weighted by atomic mass is 16.7. The van der Waals surface area contributed by atoms with Crippen LogP contribution < -0.4 is 5.32 Å². The van der Waals surface area contributed by atoms with E-state index in [0.717, 1.165) is 38.5 Å². The van der Waals surface area contributed by atoms with Crippen LogP contribution in [0.4, 0.5) is 0 Å². The molecule has 306 valence electrons. The Morgan fingerprint density at radius 3 is 1.75 bits per heavy atom. The molecule has 0 aromatic heterocycles. The molecule has 2 heterocycles. The van der Waals surface area contributed by atoms with Gasteiger partial charge in [-0.1, -0.05) is 122 Å². The first-order valence-corrected chi connectivity index (χ1v) is 19.9. The van der Waals surface area contributed by atoms with Crippen LogP contribution in [-0.2, 0) is 23.7 Å². The van der Waals surface area contributed by atoms with E-state index in [2.05, 4.69) is 19.2 Å². The van der Waals surface area contributed by atoms with Gasteiger partial charge in [0.05, 0.1) is 32.0 Å². The van der Waals surface area contributed by atoms with Gasteiger partial charge in [-0.25, -0.2) is 0 Å². The van der Waals surface area contributed by atoms with Gasteiger partial charge in [-0.05, 0) is 12.8 Å². The third-order valence-electron chi connectivity index (χ3n) is 9.97. The third-order valence-corrected chi connectivity index (χ3v) is 9.97. The largest absolute Gasteiger partial charge is 0.394 e. The fourth-order valence-electron chi connectivity index (χ4n) is 6.57. The van der Waals surface area contributed by atoms with E-state index in [4.69, 9.17) is 18.9 Å². The van der Waals surface area contributed by atoms with Crippen LogP contribution >= 0.6 is 0 Å². The highest BCUT2D eigenvalue weighted by Crippen LogP contribution is 2.29. The van der Waals surface area contributed by atoms with Crippen molar-refractivity contribution in [2.45, 2.75) is 203 Å². The number of rotatable bonds is 28. The number of aliphatic hydroxyl groups excluding tert-OH is 8. The maximum atomic E-state index is 12.9. The average molecular weight is 750 g/mol. The van der Waals surface area contributed by atoms with E-state index < -0.39 is 86.8 Å². The van der Waals surface area contributed by atoms with Gasteiger partial charge in [-0.3, -0.25) is 4.79 Å². The van der Waals surface area contributed by atoms with Crippen molar-refractivity contribution < 1.29 is 64.6 Å². The molecule has 0 saturated carbocycles. The molecule has 0 aliphatic carbocycles. The molecule has 0 spiro atoms. The van der Waals surface area contributed by atoms with Gasteiger partial charge in [0.1, 0.15) is 48.8 Å². The number of nitrogens with one attached hydrogen (secondary N) is 1. The van der Waals surface area contributed by atoms with E-state index >= 15 is 0 Å². The summed E-state index contributed by atoms with van der Waals surface area (Å²) in [6.45, 7) is 2.58. The Morgan fingerprint density at radius 2 is 1.19 bits per heavy atom. The predicted molar refractivity (Wildman–Crippen MR) is 194 cm³/mol. The maximum Gasteiger partial charge on any atom is 0.220 e. The van der Waals surface area contributed by atoms with Crippen LogP contribution in [-0.4, -0.2) is 140 Å². The molecule has 0 bridgehead atoms. The van der Waals surface area contributed by atoms with Crippen molar-refractivity contribution in [1.29, 1.82) is 0 Å². The van der Waals surface area contributed by atoms with Crippen molar-refractivity contribution >= 4 is 5.91 Å². The molecule has 2 fully saturated rings. The highest BCUT2D eigenvalue weighted by Gasteiger charge is 2.50. The van der Waals surface area contributed by atoms with E-state index in [9.17, 15) is 45.6 Å². The predicted octanol–water partition coefficient (Wildman–Crippen LogP) is 2.09. The van der Waals surface area contributed by atoms with Crippen LogP contribution in [0.2, 0.25) is 0 Å². The van der Waals surface area contributed by atoms with Gasteiger partial charge in [0.25, 0.3) is 0 Å². The van der Waals surface area contributed by atoms with Gasteiger partial charge in [0.15, 0.2) is 12.6 Å². The normalized spacial score (nSPS) is 30.8. The standard InChI is InChI=1S/C38H71NO13/c1-3-5-7-9-10-11-12-13-14-15-16-17-18-20-22-30(43)39-26(27(42)21-19-8-6-4-2)25-49-37-35(48)33(46)36(29(24-41)51-37)52-38-34(47)32(45)31(44)28(23-40)50-38/h19,21,26-29,31-38,40-42,44-48H,3-18,20,22-25H2,1-2H3,(H,39,43)/b21-19+. The van der Waals surface area contributed by atoms with Crippen molar-refractivity contribution in [2.24, 2.45) is 0 Å². The molecule has 14 heteroatoms. The van der Waals surface area contributed by atoms with Crippen molar-refractivity contribution in [3.05, 3.63) is 12.2 Å². The summed E-state index contributed by atoms with van der Waals surface area (Å²) in [6, 6.07) is -0.902. The summed E-state index contributed by atoms with van der Waals surface area (Å²) in [7, 11) is 0. The SMILES string of the molecule is CCCC/C=C/C(O)C(COC1OC(CO)C(OC2OC(CO)C(O)C(O)C2O)C(O)C1O)NC(=O)CCCCCCCCCCCCCCCC. The second-order valence-corrected chi connectivity index (χ2v) is 14.4. The second-order valence-electron chi connectivity index (χ2n) is 14.4. The summed E-state index contributed by atoms with van der Waals surface area (Å²) >= 11 is 0. The summed E-state index contributed by atoms with van der Waals surface area (Å²) in [6.07, 6.45) is 6.35. The Kier molecular flexibility index (Phi) is 24.6. The van der Waals surface area contributed by atoms with Crippen molar-refractivity contribution in [3.8, 4) is 0 Å². The van der Waals surface area contributed by atoms with Crippen molar-refractivity contribution in [1.82, 2.24) is 5.32 Å². The van der Waals surface area contributed by atoms with Crippen LogP contribution in [0, 0.1) is 0 Å². The molecule has 12 atom stereocenters. The second kappa shape index (κ2) is 27.3. The van der Waals surface area contributed by atoms with E-state index in [0.29, 0.717) is 6.42 Å². The number of unbranched alkanes of at least 4 members (excludes halogenated alkanes) is 15. The van der Waals surface area contributed by atoms with Gasteiger partial charge in [-0.2, -0.15) is 0 Å². The number of amides is 1. The third kappa shape index (κ3) is 16.6. The molecule has 2 rings (SSSR count). The number of hydrogen-bond donors (Lipinski definition) is 9. The minimum Gasteiger partial charge on any atom is -0.394 e. The number of ether oxygens (including phenoxy) is 4. The van der Waals surface area contributed by atoms with Gasteiger partial charge in [0, 0.05) is 6.42 Å². The Balaban J connectivity index is 1.85. The zero-order chi connectivity index (χ0) is 38.3. The highest BCUT2D eigenvalue weighted by molar-refractivity contribution is 5.76.